The van der Waals surface area contributed by atoms with Gasteiger partial charge in [-0.3, -0.25) is 0 Å². The number of aliphatic hydroxyl groups is 1. The molecule has 2 atom stereocenters. The summed E-state index contributed by atoms with van der Waals surface area (Å²) in [5.41, 5.74) is 0. The third-order valence-electron chi connectivity index (χ3n) is 4.25. The molecule has 2 aliphatic rings. The summed E-state index contributed by atoms with van der Waals surface area (Å²) >= 11 is 0. The number of rotatable bonds is 3. The van der Waals surface area contributed by atoms with E-state index in [9.17, 15) is 5.11 Å². The summed E-state index contributed by atoms with van der Waals surface area (Å²) < 4.78 is 2.25. The van der Waals surface area contributed by atoms with Gasteiger partial charge in [-0.2, -0.15) is 0 Å². The zero-order valence-electron chi connectivity index (χ0n) is 10.8. The molecule has 1 aromatic heterocycles. The number of nitrogens with zero attached hydrogens (tertiary/aromatic N) is 3. The lowest BCUT2D eigenvalue weighted by Gasteiger charge is -2.25. The Kier molecular flexibility index (Phi) is 3.61. The molecule has 3 rings (SSSR count). The van der Waals surface area contributed by atoms with Gasteiger partial charge >= 0.3 is 0 Å². The molecule has 18 heavy (non-hydrogen) atoms. The molecule has 0 bridgehead atoms. The van der Waals surface area contributed by atoms with Crippen LogP contribution in [0.1, 0.15) is 30.9 Å². The zero-order valence-corrected chi connectivity index (χ0v) is 10.8. The molecule has 0 spiro atoms. The van der Waals surface area contributed by atoms with Gasteiger partial charge in [0.05, 0.1) is 0 Å². The van der Waals surface area contributed by atoms with E-state index >= 15 is 0 Å². The molecule has 1 fully saturated rings. The molecule has 3 heterocycles. The zero-order chi connectivity index (χ0) is 12.4. The second-order valence-electron chi connectivity index (χ2n) is 5.65. The minimum absolute atomic E-state index is 0.280. The highest BCUT2D eigenvalue weighted by Gasteiger charge is 2.24. The minimum Gasteiger partial charge on any atom is -0.396 e. The number of nitrogens with one attached hydrogen (secondary N) is 1. The maximum atomic E-state index is 9.30. The Bertz CT molecular complexity index is 398. The van der Waals surface area contributed by atoms with Gasteiger partial charge in [0.2, 0.25) is 0 Å². The van der Waals surface area contributed by atoms with Crippen LogP contribution in [0.25, 0.3) is 0 Å². The van der Waals surface area contributed by atoms with Crippen LogP contribution in [0.15, 0.2) is 0 Å². The van der Waals surface area contributed by atoms with Gasteiger partial charge in [-0.05, 0) is 38.3 Å². The van der Waals surface area contributed by atoms with E-state index in [0.29, 0.717) is 11.8 Å². The summed E-state index contributed by atoms with van der Waals surface area (Å²) in [6, 6.07) is 0. The van der Waals surface area contributed by atoms with E-state index < -0.39 is 0 Å². The number of aromatic nitrogens is 3. The number of aliphatic hydroxyl groups excluding tert-OH is 1. The quantitative estimate of drug-likeness (QED) is 0.814. The van der Waals surface area contributed by atoms with Crippen LogP contribution in [0.4, 0.5) is 0 Å². The summed E-state index contributed by atoms with van der Waals surface area (Å²) in [6.07, 6.45) is 5.59. The SMILES string of the molecule is OCC1CCc2nnc(CC3CCCNC3)n2C1. The first kappa shape index (κ1) is 12.1. The second-order valence-corrected chi connectivity index (χ2v) is 5.65. The number of hydrogen-bond acceptors (Lipinski definition) is 4. The van der Waals surface area contributed by atoms with Crippen LogP contribution in [-0.4, -0.2) is 39.6 Å². The first-order valence-electron chi connectivity index (χ1n) is 7.09. The van der Waals surface area contributed by atoms with E-state index in [1.165, 1.54) is 12.8 Å². The van der Waals surface area contributed by atoms with E-state index in [4.69, 9.17) is 0 Å². The molecule has 0 aromatic carbocycles. The molecular weight excluding hydrogens is 228 g/mol. The molecule has 2 aliphatic heterocycles. The Morgan fingerprint density at radius 1 is 1.28 bits per heavy atom. The second kappa shape index (κ2) is 5.36. The van der Waals surface area contributed by atoms with Crippen molar-refractivity contribution in [3.8, 4) is 0 Å². The average Bonchev–Trinajstić information content (AvgIpc) is 2.82. The highest BCUT2D eigenvalue weighted by Crippen LogP contribution is 2.22. The highest BCUT2D eigenvalue weighted by atomic mass is 16.3. The normalized spacial score (nSPS) is 28.1. The van der Waals surface area contributed by atoms with Gasteiger partial charge in [-0.25, -0.2) is 0 Å². The van der Waals surface area contributed by atoms with Gasteiger partial charge in [0, 0.05) is 31.9 Å². The smallest absolute Gasteiger partial charge is 0.133 e. The van der Waals surface area contributed by atoms with Crippen LogP contribution in [-0.2, 0) is 19.4 Å². The van der Waals surface area contributed by atoms with Gasteiger partial charge in [-0.1, -0.05) is 0 Å². The van der Waals surface area contributed by atoms with Crippen LogP contribution in [0.3, 0.4) is 0 Å². The fraction of sp³-hybridized carbons (Fsp3) is 0.846. The van der Waals surface area contributed by atoms with Crippen molar-refractivity contribution in [1.29, 1.82) is 0 Å². The fourth-order valence-corrected chi connectivity index (χ4v) is 3.11. The Morgan fingerprint density at radius 3 is 3.00 bits per heavy atom. The van der Waals surface area contributed by atoms with Crippen LogP contribution in [0, 0.1) is 11.8 Å². The predicted octanol–water partition coefficient (Wildman–Crippen LogP) is 0.375. The molecule has 5 nitrogen and oxygen atoms in total. The first-order valence-corrected chi connectivity index (χ1v) is 7.09. The Labute approximate surface area is 108 Å². The van der Waals surface area contributed by atoms with Crippen LogP contribution < -0.4 is 5.32 Å². The van der Waals surface area contributed by atoms with Crippen molar-refractivity contribution in [2.75, 3.05) is 19.7 Å². The Hall–Kier alpha value is -0.940. The molecule has 0 amide bonds. The maximum Gasteiger partial charge on any atom is 0.133 e. The lowest BCUT2D eigenvalue weighted by molar-refractivity contribution is 0.188. The van der Waals surface area contributed by atoms with Crippen LogP contribution in [0.2, 0.25) is 0 Å². The lowest BCUT2D eigenvalue weighted by atomic mass is 9.95. The van der Waals surface area contributed by atoms with E-state index in [1.54, 1.807) is 0 Å². The van der Waals surface area contributed by atoms with E-state index in [1.807, 2.05) is 0 Å². The maximum absolute atomic E-state index is 9.30. The van der Waals surface area contributed by atoms with Crippen molar-refractivity contribution in [1.82, 2.24) is 20.1 Å². The number of piperidine rings is 1. The lowest BCUT2D eigenvalue weighted by Crippen LogP contribution is -2.32. The number of fused-ring (bicyclic) bond motifs is 1. The Balaban J connectivity index is 1.71. The van der Waals surface area contributed by atoms with E-state index in [2.05, 4.69) is 20.1 Å². The molecule has 0 aliphatic carbocycles. The van der Waals surface area contributed by atoms with Crippen LogP contribution >= 0.6 is 0 Å². The molecule has 1 aromatic rings. The molecule has 0 radical (unpaired) electrons. The fourth-order valence-electron chi connectivity index (χ4n) is 3.11. The van der Waals surface area contributed by atoms with Crippen molar-refractivity contribution in [2.45, 2.75) is 38.6 Å². The molecular formula is C13H22N4O. The van der Waals surface area contributed by atoms with Crippen molar-refractivity contribution in [3.63, 3.8) is 0 Å². The van der Waals surface area contributed by atoms with Crippen LogP contribution in [0.5, 0.6) is 0 Å². The van der Waals surface area contributed by atoms with Gasteiger partial charge in [0.25, 0.3) is 0 Å². The van der Waals surface area contributed by atoms with Crippen molar-refractivity contribution >= 4 is 0 Å². The standard InChI is InChI=1S/C13H22N4O/c18-9-11-3-4-12-15-16-13(17(12)8-11)6-10-2-1-5-14-7-10/h10-11,14,18H,1-9H2. The molecule has 5 heteroatoms. The number of hydrogen-bond donors (Lipinski definition) is 2. The van der Waals surface area contributed by atoms with E-state index in [-0.39, 0.29) is 6.61 Å². The summed E-state index contributed by atoms with van der Waals surface area (Å²) in [5.74, 6) is 3.31. The molecule has 1 saturated heterocycles. The molecule has 2 unspecified atom stereocenters. The van der Waals surface area contributed by atoms with Crippen molar-refractivity contribution < 1.29 is 5.11 Å². The molecule has 2 N–H and O–H groups in total. The van der Waals surface area contributed by atoms with Crippen molar-refractivity contribution in [2.24, 2.45) is 11.8 Å². The number of aryl methyl sites for hydroxylation is 1. The van der Waals surface area contributed by atoms with Gasteiger partial charge in [0.1, 0.15) is 11.6 Å². The highest BCUT2D eigenvalue weighted by molar-refractivity contribution is 5.01. The minimum atomic E-state index is 0.280. The third kappa shape index (κ3) is 2.42. The molecule has 0 saturated carbocycles. The summed E-state index contributed by atoms with van der Waals surface area (Å²) in [6.45, 7) is 3.43. The Morgan fingerprint density at radius 2 is 2.22 bits per heavy atom. The largest absolute Gasteiger partial charge is 0.396 e. The third-order valence-corrected chi connectivity index (χ3v) is 4.25. The van der Waals surface area contributed by atoms with E-state index in [0.717, 1.165) is 50.5 Å². The average molecular weight is 250 g/mol. The van der Waals surface area contributed by atoms with Crippen molar-refractivity contribution in [3.05, 3.63) is 11.6 Å². The van der Waals surface area contributed by atoms with Gasteiger partial charge < -0.3 is 15.0 Å². The first-order chi connectivity index (χ1) is 8.86. The van der Waals surface area contributed by atoms with Gasteiger partial charge in [-0.15, -0.1) is 10.2 Å². The summed E-state index contributed by atoms with van der Waals surface area (Å²) in [5, 5.41) is 21.4. The predicted molar refractivity (Wildman–Crippen MR) is 68.2 cm³/mol. The monoisotopic (exact) mass is 250 g/mol. The topological polar surface area (TPSA) is 63.0 Å². The summed E-state index contributed by atoms with van der Waals surface area (Å²) in [4.78, 5) is 0. The van der Waals surface area contributed by atoms with Gasteiger partial charge in [0.15, 0.2) is 0 Å². The molecule has 100 valence electrons. The summed E-state index contributed by atoms with van der Waals surface area (Å²) in [7, 11) is 0.